The number of nitrogens with one attached hydrogen (secondary N) is 4. The summed E-state index contributed by atoms with van der Waals surface area (Å²) in [5.41, 5.74) is -0.568. The minimum Gasteiger partial charge on any atom is -0.346 e. The van der Waals surface area contributed by atoms with Crippen molar-refractivity contribution in [3.05, 3.63) is 12.7 Å². The van der Waals surface area contributed by atoms with Gasteiger partial charge in [0.15, 0.2) is 0 Å². The maximum atomic E-state index is 14.1. The first-order valence-electron chi connectivity index (χ1n) is 14.6. The zero-order chi connectivity index (χ0) is 31.8. The number of carbonyl (C=O) groups is 5. The van der Waals surface area contributed by atoms with E-state index in [1.165, 1.54) is 11.0 Å². The van der Waals surface area contributed by atoms with Crippen LogP contribution in [0.4, 0.5) is 18.0 Å². The molecule has 2 rings (SSSR count). The average Bonchev–Trinajstić information content (AvgIpc) is 3.34. The lowest BCUT2D eigenvalue weighted by Crippen LogP contribution is -2.61. The summed E-state index contributed by atoms with van der Waals surface area (Å²) in [4.78, 5) is 66.8. The van der Waals surface area contributed by atoms with Crippen molar-refractivity contribution in [2.45, 2.75) is 109 Å². The molecule has 0 aromatic rings. The first-order chi connectivity index (χ1) is 19.4. The van der Waals surface area contributed by atoms with E-state index in [9.17, 15) is 37.1 Å². The van der Waals surface area contributed by atoms with E-state index < -0.39 is 71.7 Å². The minimum atomic E-state index is -4.86. The third-order valence-corrected chi connectivity index (χ3v) is 7.71. The molecule has 238 valence electrons. The van der Waals surface area contributed by atoms with Crippen molar-refractivity contribution in [3.8, 4) is 0 Å². The van der Waals surface area contributed by atoms with E-state index >= 15 is 0 Å². The molecule has 0 aromatic carbocycles. The molecule has 0 bridgehead atoms. The fraction of sp³-hybridized carbons (Fsp3) is 0.759. The van der Waals surface area contributed by atoms with Crippen molar-refractivity contribution < 1.29 is 37.1 Å². The molecule has 0 spiro atoms. The van der Waals surface area contributed by atoms with Gasteiger partial charge in [-0.25, -0.2) is 4.79 Å². The fourth-order valence-electron chi connectivity index (χ4n) is 5.75. The Morgan fingerprint density at radius 2 is 1.60 bits per heavy atom. The third kappa shape index (κ3) is 10.3. The van der Waals surface area contributed by atoms with Gasteiger partial charge in [0.25, 0.3) is 5.91 Å². The van der Waals surface area contributed by atoms with Crippen LogP contribution in [0.15, 0.2) is 12.7 Å². The highest BCUT2D eigenvalue weighted by Crippen LogP contribution is 2.34. The van der Waals surface area contributed by atoms with Gasteiger partial charge in [-0.1, -0.05) is 39.2 Å². The molecule has 2 fully saturated rings. The summed E-state index contributed by atoms with van der Waals surface area (Å²) in [5, 5.41) is 9.89. The largest absolute Gasteiger partial charge is 0.391 e. The minimum absolute atomic E-state index is 0.128. The maximum absolute atomic E-state index is 14.1. The Hall–Kier alpha value is -3.12. The van der Waals surface area contributed by atoms with Crippen molar-refractivity contribution in [2.24, 2.45) is 17.8 Å². The lowest BCUT2D eigenvalue weighted by atomic mass is 9.83. The van der Waals surface area contributed by atoms with E-state index in [1.54, 1.807) is 20.8 Å². The number of hydrogen-bond donors (Lipinski definition) is 4. The van der Waals surface area contributed by atoms with Crippen molar-refractivity contribution in [1.29, 1.82) is 0 Å². The molecule has 4 N–H and O–H groups in total. The Kier molecular flexibility index (Phi) is 12.4. The van der Waals surface area contributed by atoms with Crippen LogP contribution < -0.4 is 21.3 Å². The average molecular weight is 602 g/mol. The number of rotatable bonds is 11. The SMILES string of the molecule is C=CCNC(=O)C(=O)C(CC(F)(F)F)NC(=O)[C@@H]1[C@@H](C(C)C)CCN1C(=O)[C@@H](NC(=O)NC(C)(C)C)C1CCCCC1. The van der Waals surface area contributed by atoms with Gasteiger partial charge in [0.1, 0.15) is 18.1 Å². The zero-order valence-corrected chi connectivity index (χ0v) is 25.2. The van der Waals surface area contributed by atoms with Crippen LogP contribution in [-0.4, -0.2) is 77.4 Å². The van der Waals surface area contributed by atoms with E-state index in [1.807, 2.05) is 13.8 Å². The third-order valence-electron chi connectivity index (χ3n) is 7.71. The fourth-order valence-corrected chi connectivity index (χ4v) is 5.75. The second kappa shape index (κ2) is 14.9. The Bertz CT molecular complexity index is 1000. The van der Waals surface area contributed by atoms with Gasteiger partial charge >= 0.3 is 12.2 Å². The second-order valence-corrected chi connectivity index (χ2v) is 12.6. The highest BCUT2D eigenvalue weighted by molar-refractivity contribution is 6.38. The van der Waals surface area contributed by atoms with Crippen LogP contribution in [0.1, 0.15) is 79.6 Å². The molecule has 42 heavy (non-hydrogen) atoms. The van der Waals surface area contributed by atoms with E-state index in [-0.39, 0.29) is 24.9 Å². The number of halogens is 3. The van der Waals surface area contributed by atoms with Crippen LogP contribution in [0.2, 0.25) is 0 Å². The molecule has 1 saturated carbocycles. The molecule has 2 aliphatic rings. The summed E-state index contributed by atoms with van der Waals surface area (Å²) in [6.45, 7) is 12.5. The summed E-state index contributed by atoms with van der Waals surface area (Å²) >= 11 is 0. The smallest absolute Gasteiger partial charge is 0.346 e. The second-order valence-electron chi connectivity index (χ2n) is 12.6. The van der Waals surface area contributed by atoms with Gasteiger partial charge in [0.05, 0.1) is 6.42 Å². The van der Waals surface area contributed by atoms with E-state index in [0.717, 1.165) is 19.3 Å². The van der Waals surface area contributed by atoms with Gasteiger partial charge in [-0.2, -0.15) is 13.2 Å². The number of carbonyl (C=O) groups excluding carboxylic acids is 5. The molecule has 4 atom stereocenters. The highest BCUT2D eigenvalue weighted by Gasteiger charge is 2.48. The summed E-state index contributed by atoms with van der Waals surface area (Å²) in [5.74, 6) is -4.88. The maximum Gasteiger partial charge on any atom is 0.391 e. The van der Waals surface area contributed by atoms with E-state index in [2.05, 4.69) is 27.8 Å². The standard InChI is InChI=1S/C29H46F3N5O5/c1-7-14-33-25(40)23(38)20(16-29(30,31)32)34-24(39)22-19(17(2)3)13-15-37(22)26(41)21(18-11-9-8-10-12-18)35-27(42)36-28(4,5)6/h7,17-22H,1,8-16H2,2-6H3,(H,33,40)(H,34,39)(H2,35,36,42)/t19-,20?,21+,22+/m1/s1. The lowest BCUT2D eigenvalue weighted by Gasteiger charge is -2.36. The number of hydrogen-bond acceptors (Lipinski definition) is 5. The first kappa shape index (κ1) is 35.1. The number of alkyl halides is 3. The van der Waals surface area contributed by atoms with Crippen molar-refractivity contribution in [2.75, 3.05) is 13.1 Å². The molecule has 1 unspecified atom stereocenters. The number of nitrogens with zero attached hydrogens (tertiary/aromatic N) is 1. The Balaban J connectivity index is 2.38. The van der Waals surface area contributed by atoms with Gasteiger partial charge in [0.2, 0.25) is 17.6 Å². The topological polar surface area (TPSA) is 137 Å². The van der Waals surface area contributed by atoms with Gasteiger partial charge in [-0.05, 0) is 57.8 Å². The monoisotopic (exact) mass is 601 g/mol. The van der Waals surface area contributed by atoms with Gasteiger partial charge in [-0.15, -0.1) is 6.58 Å². The van der Waals surface area contributed by atoms with Crippen molar-refractivity contribution in [1.82, 2.24) is 26.2 Å². The number of Topliss-reactive ketones (excluding diaryl/α,β-unsaturated/α-hetero) is 1. The summed E-state index contributed by atoms with van der Waals surface area (Å²) in [6.07, 6.45) is -0.767. The predicted octanol–water partition coefficient (Wildman–Crippen LogP) is 3.21. The number of ketones is 1. The Morgan fingerprint density at radius 1 is 0.976 bits per heavy atom. The molecule has 1 aliphatic heterocycles. The quantitative estimate of drug-likeness (QED) is 0.213. The highest BCUT2D eigenvalue weighted by atomic mass is 19.4. The van der Waals surface area contributed by atoms with Gasteiger partial charge < -0.3 is 26.2 Å². The van der Waals surface area contributed by atoms with Crippen LogP contribution >= 0.6 is 0 Å². The van der Waals surface area contributed by atoms with E-state index in [0.29, 0.717) is 19.3 Å². The normalized spacial score (nSPS) is 21.3. The van der Waals surface area contributed by atoms with Crippen LogP contribution in [0, 0.1) is 17.8 Å². The predicted molar refractivity (Wildman–Crippen MR) is 151 cm³/mol. The molecular formula is C29H46F3N5O5. The molecular weight excluding hydrogens is 555 g/mol. The molecule has 13 heteroatoms. The van der Waals surface area contributed by atoms with Crippen molar-refractivity contribution >= 4 is 29.5 Å². The van der Waals surface area contributed by atoms with Gasteiger partial charge in [-0.3, -0.25) is 19.2 Å². The van der Waals surface area contributed by atoms with Crippen LogP contribution in [-0.2, 0) is 19.2 Å². The molecule has 10 nitrogen and oxygen atoms in total. The van der Waals surface area contributed by atoms with Gasteiger partial charge in [0, 0.05) is 18.6 Å². The Labute approximate surface area is 246 Å². The van der Waals surface area contributed by atoms with Crippen LogP contribution in [0.5, 0.6) is 0 Å². The molecule has 1 aliphatic carbocycles. The summed E-state index contributed by atoms with van der Waals surface area (Å²) in [7, 11) is 0. The number of likely N-dealkylation sites (tertiary alicyclic amines) is 1. The zero-order valence-electron chi connectivity index (χ0n) is 25.2. The van der Waals surface area contributed by atoms with Crippen LogP contribution in [0.25, 0.3) is 0 Å². The van der Waals surface area contributed by atoms with Crippen molar-refractivity contribution in [3.63, 3.8) is 0 Å². The Morgan fingerprint density at radius 3 is 2.12 bits per heavy atom. The lowest BCUT2D eigenvalue weighted by molar-refractivity contribution is -0.155. The van der Waals surface area contributed by atoms with E-state index in [4.69, 9.17) is 0 Å². The molecule has 5 amide bonds. The number of amides is 5. The molecule has 1 heterocycles. The molecule has 1 saturated heterocycles. The summed E-state index contributed by atoms with van der Waals surface area (Å²) < 4.78 is 40.2. The van der Waals surface area contributed by atoms with Crippen LogP contribution in [0.3, 0.4) is 0 Å². The first-order valence-corrected chi connectivity index (χ1v) is 14.6. The molecule has 0 radical (unpaired) electrons. The summed E-state index contributed by atoms with van der Waals surface area (Å²) in [6, 6.07) is -4.83. The molecule has 0 aromatic heterocycles. The number of urea groups is 1.